The van der Waals surface area contributed by atoms with Gasteiger partial charge in [-0.25, -0.2) is 4.39 Å². The number of rotatable bonds is 2. The predicted octanol–water partition coefficient (Wildman–Crippen LogP) is 4.03. The number of carbonyl (C=O) groups is 2. The molecule has 1 aliphatic rings. The first kappa shape index (κ1) is 17.7. The van der Waals surface area contributed by atoms with Crippen molar-refractivity contribution in [2.24, 2.45) is 0 Å². The molecule has 2 heterocycles. The van der Waals surface area contributed by atoms with Crippen molar-refractivity contribution in [1.29, 1.82) is 0 Å². The van der Waals surface area contributed by atoms with E-state index in [2.05, 4.69) is 0 Å². The third-order valence-corrected chi connectivity index (χ3v) is 5.91. The third-order valence-electron chi connectivity index (χ3n) is 4.81. The van der Waals surface area contributed by atoms with Crippen LogP contribution in [0.4, 0.5) is 4.39 Å². The van der Waals surface area contributed by atoms with Gasteiger partial charge in [-0.05, 0) is 36.1 Å². The summed E-state index contributed by atoms with van der Waals surface area (Å²) in [7, 11) is 0. The number of hydrogen-bond donors (Lipinski definition) is 0. The number of fused-ring (bicyclic) bond motifs is 1. The van der Waals surface area contributed by atoms with Gasteiger partial charge in [0.15, 0.2) is 0 Å². The molecule has 0 radical (unpaired) electrons. The SMILES string of the molecule is O=C(c1cc2ccccc2s1)N1CCCN(C(=O)c2ccccc2F)CC1. The molecule has 3 aromatic rings. The molecule has 0 aliphatic carbocycles. The first-order chi connectivity index (χ1) is 13.1. The standard InChI is InChI=1S/C21H19FN2O2S/c22-17-8-3-2-7-16(17)20(25)23-10-5-11-24(13-12-23)21(26)19-14-15-6-1-4-9-18(15)27-19/h1-4,6-9,14H,5,10-13H2. The first-order valence-corrected chi connectivity index (χ1v) is 9.77. The van der Waals surface area contributed by atoms with Crippen LogP contribution in [-0.2, 0) is 0 Å². The molecule has 1 fully saturated rings. The van der Waals surface area contributed by atoms with Crippen LogP contribution in [0.5, 0.6) is 0 Å². The normalized spacial score (nSPS) is 15.0. The molecular weight excluding hydrogens is 363 g/mol. The van der Waals surface area contributed by atoms with E-state index in [9.17, 15) is 14.0 Å². The zero-order valence-electron chi connectivity index (χ0n) is 14.7. The lowest BCUT2D eigenvalue weighted by Crippen LogP contribution is -2.37. The summed E-state index contributed by atoms with van der Waals surface area (Å²) in [6.45, 7) is 1.97. The molecule has 2 aromatic carbocycles. The quantitative estimate of drug-likeness (QED) is 0.671. The number of carbonyl (C=O) groups excluding carboxylic acids is 2. The summed E-state index contributed by atoms with van der Waals surface area (Å²) in [5.74, 6) is -0.828. The predicted molar refractivity (Wildman–Crippen MR) is 105 cm³/mol. The number of benzene rings is 2. The van der Waals surface area contributed by atoms with Crippen LogP contribution in [0.15, 0.2) is 54.6 Å². The highest BCUT2D eigenvalue weighted by Crippen LogP contribution is 2.26. The van der Waals surface area contributed by atoms with Crippen LogP contribution in [0.3, 0.4) is 0 Å². The van der Waals surface area contributed by atoms with E-state index in [1.807, 2.05) is 30.3 Å². The van der Waals surface area contributed by atoms with Gasteiger partial charge in [-0.1, -0.05) is 30.3 Å². The van der Waals surface area contributed by atoms with Crippen molar-refractivity contribution >= 4 is 33.2 Å². The maximum atomic E-state index is 13.9. The molecule has 0 saturated carbocycles. The molecular formula is C21H19FN2O2S. The van der Waals surface area contributed by atoms with Gasteiger partial charge in [-0.15, -0.1) is 11.3 Å². The Morgan fingerprint density at radius 2 is 1.52 bits per heavy atom. The van der Waals surface area contributed by atoms with Crippen molar-refractivity contribution in [3.05, 3.63) is 70.9 Å². The van der Waals surface area contributed by atoms with Gasteiger partial charge in [0.25, 0.3) is 11.8 Å². The zero-order valence-corrected chi connectivity index (χ0v) is 15.5. The fourth-order valence-electron chi connectivity index (χ4n) is 3.37. The van der Waals surface area contributed by atoms with Crippen LogP contribution in [0.2, 0.25) is 0 Å². The summed E-state index contributed by atoms with van der Waals surface area (Å²) in [5, 5.41) is 1.07. The van der Waals surface area contributed by atoms with Crippen molar-refractivity contribution < 1.29 is 14.0 Å². The molecule has 0 bridgehead atoms. The Kier molecular flexibility index (Phi) is 4.90. The van der Waals surface area contributed by atoms with Gasteiger partial charge in [0.1, 0.15) is 5.82 Å². The number of hydrogen-bond acceptors (Lipinski definition) is 3. The lowest BCUT2D eigenvalue weighted by molar-refractivity contribution is 0.0718. The van der Waals surface area contributed by atoms with Gasteiger partial charge in [0, 0.05) is 30.9 Å². The van der Waals surface area contributed by atoms with E-state index < -0.39 is 5.82 Å². The maximum Gasteiger partial charge on any atom is 0.264 e. The lowest BCUT2D eigenvalue weighted by atomic mass is 10.2. The Balaban J connectivity index is 1.47. The van der Waals surface area contributed by atoms with Gasteiger partial charge in [0.05, 0.1) is 10.4 Å². The molecule has 4 nitrogen and oxygen atoms in total. The van der Waals surface area contributed by atoms with E-state index >= 15 is 0 Å². The van der Waals surface area contributed by atoms with E-state index in [-0.39, 0.29) is 17.4 Å². The number of amides is 2. The van der Waals surface area contributed by atoms with Crippen molar-refractivity contribution in [3.8, 4) is 0 Å². The van der Waals surface area contributed by atoms with Crippen molar-refractivity contribution in [1.82, 2.24) is 9.80 Å². The average Bonchev–Trinajstić information content (AvgIpc) is 2.97. The van der Waals surface area contributed by atoms with E-state index in [1.165, 1.54) is 23.5 Å². The minimum absolute atomic E-state index is 0.00334. The average molecular weight is 382 g/mol. The van der Waals surface area contributed by atoms with E-state index in [0.29, 0.717) is 37.5 Å². The molecule has 2 amide bonds. The van der Waals surface area contributed by atoms with Crippen LogP contribution in [-0.4, -0.2) is 47.8 Å². The second-order valence-electron chi connectivity index (χ2n) is 6.57. The topological polar surface area (TPSA) is 40.6 Å². The molecule has 138 valence electrons. The summed E-state index contributed by atoms with van der Waals surface area (Å²) in [6, 6.07) is 15.9. The number of thiophene rings is 1. The molecule has 0 atom stereocenters. The monoisotopic (exact) mass is 382 g/mol. The first-order valence-electron chi connectivity index (χ1n) is 8.95. The number of halogens is 1. The molecule has 4 rings (SSSR count). The summed E-state index contributed by atoms with van der Waals surface area (Å²) in [5.41, 5.74) is 0.0850. The summed E-state index contributed by atoms with van der Waals surface area (Å²) >= 11 is 1.49. The van der Waals surface area contributed by atoms with Crippen molar-refractivity contribution in [2.45, 2.75) is 6.42 Å². The molecule has 0 spiro atoms. The molecule has 1 saturated heterocycles. The maximum absolute atomic E-state index is 13.9. The van der Waals surface area contributed by atoms with Crippen LogP contribution >= 0.6 is 11.3 Å². The summed E-state index contributed by atoms with van der Waals surface area (Å²) in [4.78, 5) is 29.7. The van der Waals surface area contributed by atoms with Crippen LogP contribution in [0.1, 0.15) is 26.5 Å². The van der Waals surface area contributed by atoms with Crippen LogP contribution in [0.25, 0.3) is 10.1 Å². The van der Waals surface area contributed by atoms with Crippen molar-refractivity contribution in [3.63, 3.8) is 0 Å². The van der Waals surface area contributed by atoms with Crippen molar-refractivity contribution in [2.75, 3.05) is 26.2 Å². The summed E-state index contributed by atoms with van der Waals surface area (Å²) < 4.78 is 15.0. The van der Waals surface area contributed by atoms with Gasteiger partial charge >= 0.3 is 0 Å². The largest absolute Gasteiger partial charge is 0.337 e. The molecule has 0 unspecified atom stereocenters. The molecule has 27 heavy (non-hydrogen) atoms. The summed E-state index contributed by atoms with van der Waals surface area (Å²) in [6.07, 6.45) is 0.677. The smallest absolute Gasteiger partial charge is 0.264 e. The second-order valence-corrected chi connectivity index (χ2v) is 7.65. The van der Waals surface area contributed by atoms with Gasteiger partial charge < -0.3 is 9.80 Å². The Labute approximate surface area is 160 Å². The molecule has 0 N–H and O–H groups in total. The Hall–Kier alpha value is -2.73. The van der Waals surface area contributed by atoms with Crippen LogP contribution in [0, 0.1) is 5.82 Å². The third kappa shape index (κ3) is 3.57. The fraction of sp³-hybridized carbons (Fsp3) is 0.238. The highest BCUT2D eigenvalue weighted by atomic mass is 32.1. The fourth-order valence-corrected chi connectivity index (χ4v) is 4.40. The highest BCUT2D eigenvalue weighted by molar-refractivity contribution is 7.20. The molecule has 6 heteroatoms. The lowest BCUT2D eigenvalue weighted by Gasteiger charge is -2.22. The van der Waals surface area contributed by atoms with Crippen LogP contribution < -0.4 is 0 Å². The van der Waals surface area contributed by atoms with Gasteiger partial charge in [-0.2, -0.15) is 0 Å². The molecule has 1 aromatic heterocycles. The highest BCUT2D eigenvalue weighted by Gasteiger charge is 2.25. The van der Waals surface area contributed by atoms with Gasteiger partial charge in [-0.3, -0.25) is 9.59 Å². The Morgan fingerprint density at radius 3 is 2.26 bits per heavy atom. The van der Waals surface area contributed by atoms with E-state index in [1.54, 1.807) is 21.9 Å². The Morgan fingerprint density at radius 1 is 0.852 bits per heavy atom. The zero-order chi connectivity index (χ0) is 18.8. The second kappa shape index (κ2) is 7.48. The number of nitrogens with zero attached hydrogens (tertiary/aromatic N) is 2. The molecule has 1 aliphatic heterocycles. The minimum atomic E-state index is -0.509. The van der Waals surface area contributed by atoms with E-state index in [0.717, 1.165) is 10.1 Å². The van der Waals surface area contributed by atoms with E-state index in [4.69, 9.17) is 0 Å². The minimum Gasteiger partial charge on any atom is -0.337 e. The Bertz CT molecular complexity index is 968. The van der Waals surface area contributed by atoms with Gasteiger partial charge in [0.2, 0.25) is 0 Å².